The third-order valence-corrected chi connectivity index (χ3v) is 7.84. The lowest BCUT2D eigenvalue weighted by molar-refractivity contribution is -0.122. The van der Waals surface area contributed by atoms with Gasteiger partial charge in [-0.25, -0.2) is 4.79 Å². The molecule has 0 aromatic carbocycles. The lowest BCUT2D eigenvalue weighted by atomic mass is 9.89. The van der Waals surface area contributed by atoms with Crippen molar-refractivity contribution in [1.82, 2.24) is 10.2 Å². The number of urea groups is 1. The van der Waals surface area contributed by atoms with Crippen LogP contribution in [0.25, 0.3) is 0 Å². The molecule has 2 aliphatic rings. The highest BCUT2D eigenvalue weighted by Gasteiger charge is 2.16. The topological polar surface area (TPSA) is 78.9 Å². The molecule has 0 saturated carbocycles. The number of nitrogens with one attached hydrogen (secondary N) is 1. The molecule has 2 rings (SSSR count). The highest BCUT2D eigenvalue weighted by molar-refractivity contribution is 5.76. The Morgan fingerprint density at radius 2 is 1.72 bits per heavy atom. The highest BCUT2D eigenvalue weighted by atomic mass is 16.5. The molecule has 2 amide bonds. The first kappa shape index (κ1) is 47.4. The van der Waals surface area contributed by atoms with E-state index in [1.807, 2.05) is 40.7 Å². The van der Waals surface area contributed by atoms with Crippen LogP contribution in [0.2, 0.25) is 0 Å². The summed E-state index contributed by atoms with van der Waals surface area (Å²) in [6, 6.07) is 0.000693. The summed E-state index contributed by atoms with van der Waals surface area (Å²) in [7, 11) is 0. The maximum absolute atomic E-state index is 11.9. The van der Waals surface area contributed by atoms with Crippen molar-refractivity contribution in [2.75, 3.05) is 19.7 Å². The average Bonchev–Trinajstić information content (AvgIpc) is 3.47. The zero-order valence-corrected chi connectivity index (χ0v) is 31.5. The van der Waals surface area contributed by atoms with E-state index in [0.29, 0.717) is 12.5 Å². The fourth-order valence-electron chi connectivity index (χ4n) is 4.98. The van der Waals surface area contributed by atoms with Crippen molar-refractivity contribution >= 4 is 12.5 Å². The Morgan fingerprint density at radius 3 is 2.28 bits per heavy atom. The minimum atomic E-state index is -0.250. The third-order valence-electron chi connectivity index (χ3n) is 7.84. The van der Waals surface area contributed by atoms with Crippen LogP contribution in [0.3, 0.4) is 0 Å². The van der Waals surface area contributed by atoms with Gasteiger partial charge in [0, 0.05) is 13.1 Å². The van der Waals surface area contributed by atoms with Gasteiger partial charge in [-0.2, -0.15) is 0 Å². The van der Waals surface area contributed by atoms with Crippen molar-refractivity contribution in [2.45, 2.75) is 140 Å². The Bertz CT molecular complexity index is 910. The van der Waals surface area contributed by atoms with Crippen LogP contribution in [-0.4, -0.2) is 42.2 Å². The van der Waals surface area contributed by atoms with Crippen molar-refractivity contribution in [2.24, 2.45) is 11.8 Å². The zero-order valence-electron chi connectivity index (χ0n) is 31.5. The van der Waals surface area contributed by atoms with Gasteiger partial charge >= 0.3 is 6.03 Å². The summed E-state index contributed by atoms with van der Waals surface area (Å²) in [5.41, 5.74) is 5.13. The Labute approximate surface area is 284 Å². The molecule has 2 N–H and O–H groups in total. The molecule has 1 atom stereocenters. The van der Waals surface area contributed by atoms with Crippen molar-refractivity contribution < 1.29 is 19.4 Å². The summed E-state index contributed by atoms with van der Waals surface area (Å²) in [6.45, 7) is 27.0. The first-order valence-electron chi connectivity index (χ1n) is 18.1. The summed E-state index contributed by atoms with van der Waals surface area (Å²) in [5.74, 6) is 1.56. The number of unbranched alkanes of at least 4 members (excludes halogenated alkanes) is 3. The van der Waals surface area contributed by atoms with E-state index < -0.39 is 0 Å². The van der Waals surface area contributed by atoms with Gasteiger partial charge < -0.3 is 15.2 Å². The second-order valence-electron chi connectivity index (χ2n) is 10.9. The first-order chi connectivity index (χ1) is 22.3. The minimum absolute atomic E-state index is 0.000693. The molecule has 6 heteroatoms. The molecule has 266 valence electrons. The number of hydrogen-bond donors (Lipinski definition) is 2. The predicted molar refractivity (Wildman–Crippen MR) is 201 cm³/mol. The van der Waals surface area contributed by atoms with E-state index in [1.54, 1.807) is 11.2 Å². The van der Waals surface area contributed by atoms with Crippen molar-refractivity contribution in [1.29, 1.82) is 0 Å². The summed E-state index contributed by atoms with van der Waals surface area (Å²) in [4.78, 5) is 22.0. The number of carboxylic acid groups (broad SMARTS) is 1. The van der Waals surface area contributed by atoms with E-state index in [9.17, 15) is 4.79 Å². The van der Waals surface area contributed by atoms with E-state index >= 15 is 0 Å². The number of rotatable bonds is 14. The van der Waals surface area contributed by atoms with Crippen LogP contribution in [0.4, 0.5) is 4.79 Å². The standard InChI is InChI=1S/C22H34.C13H24N2O2.2C2H6.CH2O2/c1-6-11-20(9-4)22-13-10-12-21(16-17-22)18(5)14-15-19(7-2)8-3;1-3-4-5-6-8-14-13(16)15-9-7-10-17-11-12(15)2;2*1-2;2-1-3/h6,9,12-13,16-19H,1,7-8,10-11,14-15H2,2-5H3;11H,3-10H2,1-2H3,(H,14,16);2*1-2H3;1H,(H,2,3)/b20-9+;;;;/t18-;;;;/m1..../s1. The van der Waals surface area contributed by atoms with Crippen LogP contribution < -0.4 is 5.32 Å². The predicted octanol–water partition coefficient (Wildman–Crippen LogP) is 11.8. The summed E-state index contributed by atoms with van der Waals surface area (Å²) >= 11 is 0. The number of nitrogens with zero attached hydrogens (tertiary/aromatic N) is 1. The largest absolute Gasteiger partial charge is 0.499 e. The second kappa shape index (κ2) is 34.8. The van der Waals surface area contributed by atoms with Gasteiger partial charge in [-0.05, 0) is 80.9 Å². The lowest BCUT2D eigenvalue weighted by Gasteiger charge is -2.21. The molecule has 0 fully saturated rings. The van der Waals surface area contributed by atoms with Crippen LogP contribution in [0, 0.1) is 11.8 Å². The fourth-order valence-corrected chi connectivity index (χ4v) is 4.98. The van der Waals surface area contributed by atoms with Gasteiger partial charge in [-0.3, -0.25) is 9.69 Å². The quantitative estimate of drug-likeness (QED) is 0.112. The van der Waals surface area contributed by atoms with E-state index in [-0.39, 0.29) is 12.5 Å². The Balaban J connectivity index is -0.000000686. The molecule has 1 aliphatic carbocycles. The zero-order chi connectivity index (χ0) is 35.6. The van der Waals surface area contributed by atoms with Crippen LogP contribution in [0.15, 0.2) is 71.7 Å². The van der Waals surface area contributed by atoms with Gasteiger partial charge in [0.1, 0.15) is 6.26 Å². The van der Waals surface area contributed by atoms with Crippen molar-refractivity contribution in [3.63, 3.8) is 0 Å². The molecule has 0 unspecified atom stereocenters. The van der Waals surface area contributed by atoms with Crippen LogP contribution in [-0.2, 0) is 9.53 Å². The molecule has 0 radical (unpaired) electrons. The maximum atomic E-state index is 11.9. The van der Waals surface area contributed by atoms with Crippen LogP contribution in [0.1, 0.15) is 140 Å². The molecule has 46 heavy (non-hydrogen) atoms. The molecule has 0 bridgehead atoms. The Kier molecular flexibility index (Phi) is 35.9. The molecular formula is C40H72N2O4. The summed E-state index contributed by atoms with van der Waals surface area (Å²) in [6.07, 6.45) is 28.1. The second-order valence-corrected chi connectivity index (χ2v) is 10.9. The van der Waals surface area contributed by atoms with Gasteiger partial charge in [0.15, 0.2) is 0 Å². The van der Waals surface area contributed by atoms with Crippen LogP contribution >= 0.6 is 0 Å². The van der Waals surface area contributed by atoms with Gasteiger partial charge in [0.2, 0.25) is 0 Å². The number of carbonyl (C=O) groups is 2. The minimum Gasteiger partial charge on any atom is -0.499 e. The molecule has 6 nitrogen and oxygen atoms in total. The van der Waals surface area contributed by atoms with E-state index in [2.05, 4.69) is 76.9 Å². The monoisotopic (exact) mass is 645 g/mol. The lowest BCUT2D eigenvalue weighted by Crippen LogP contribution is -2.39. The number of ether oxygens (including phenoxy) is 1. The number of amides is 2. The van der Waals surface area contributed by atoms with Crippen molar-refractivity contribution in [3.8, 4) is 0 Å². The Hall–Kier alpha value is -3.02. The Morgan fingerprint density at radius 1 is 1.07 bits per heavy atom. The van der Waals surface area contributed by atoms with E-state index in [4.69, 9.17) is 14.6 Å². The first-order valence-corrected chi connectivity index (χ1v) is 18.1. The van der Waals surface area contributed by atoms with Crippen LogP contribution in [0.5, 0.6) is 0 Å². The van der Waals surface area contributed by atoms with Crippen molar-refractivity contribution in [3.05, 3.63) is 71.7 Å². The third kappa shape index (κ3) is 23.3. The number of carbonyl (C=O) groups excluding carboxylic acids is 1. The molecule has 1 heterocycles. The van der Waals surface area contributed by atoms with Gasteiger partial charge in [0.25, 0.3) is 6.47 Å². The molecule has 0 aromatic rings. The van der Waals surface area contributed by atoms with Gasteiger partial charge in [-0.1, -0.05) is 124 Å². The molecular weight excluding hydrogens is 572 g/mol. The number of allylic oxidation sites excluding steroid dienone is 10. The summed E-state index contributed by atoms with van der Waals surface area (Å²) < 4.78 is 5.26. The van der Waals surface area contributed by atoms with E-state index in [1.165, 1.54) is 61.7 Å². The molecule has 0 spiro atoms. The average molecular weight is 645 g/mol. The van der Waals surface area contributed by atoms with E-state index in [0.717, 1.165) is 50.4 Å². The molecule has 1 aliphatic heterocycles. The normalized spacial score (nSPS) is 14.5. The van der Waals surface area contributed by atoms with Gasteiger partial charge in [-0.15, -0.1) is 6.58 Å². The SMILES string of the molecule is C=CC/C(=C\C)C1=CCC=C([C@H](C)CCC(CC)CC)C=C1.CC.CC.CCCCCCNC(=O)N1CCCOC=C1C.O=CO. The van der Waals surface area contributed by atoms with Gasteiger partial charge in [0.05, 0.1) is 12.3 Å². The maximum Gasteiger partial charge on any atom is 0.321 e. The highest BCUT2D eigenvalue weighted by Crippen LogP contribution is 2.27. The fraction of sp³-hybridized carbons (Fsp3) is 0.650. The molecule has 0 aromatic heterocycles. The molecule has 0 saturated heterocycles. The number of hydrogen-bond acceptors (Lipinski definition) is 3. The smallest absolute Gasteiger partial charge is 0.321 e. The summed E-state index contributed by atoms with van der Waals surface area (Å²) in [5, 5.41) is 9.85.